The highest BCUT2D eigenvalue weighted by atomic mass is 16.5. The third-order valence-electron chi connectivity index (χ3n) is 3.82. The van der Waals surface area contributed by atoms with Crippen LogP contribution in [0.2, 0.25) is 0 Å². The molecule has 3 rings (SSSR count). The fourth-order valence-electron chi connectivity index (χ4n) is 2.76. The second-order valence-electron chi connectivity index (χ2n) is 5.52. The molecule has 0 aliphatic heterocycles. The molecule has 0 spiro atoms. The molecule has 0 amide bonds. The highest BCUT2D eigenvalue weighted by Gasteiger charge is 2.12. The Bertz CT molecular complexity index is 820. The SMILES string of the molecule is COC(=O)c1cc(Cc2ccccc2)cc2cc(C)ccc12. The first-order valence-corrected chi connectivity index (χ1v) is 7.33. The largest absolute Gasteiger partial charge is 0.465 e. The van der Waals surface area contributed by atoms with E-state index in [4.69, 9.17) is 4.74 Å². The number of hydrogen-bond acceptors (Lipinski definition) is 2. The van der Waals surface area contributed by atoms with Gasteiger partial charge in [-0.05, 0) is 41.3 Å². The number of ether oxygens (including phenoxy) is 1. The minimum Gasteiger partial charge on any atom is -0.465 e. The fourth-order valence-corrected chi connectivity index (χ4v) is 2.76. The minimum atomic E-state index is -0.288. The van der Waals surface area contributed by atoms with Crippen molar-refractivity contribution in [1.82, 2.24) is 0 Å². The first-order valence-electron chi connectivity index (χ1n) is 7.33. The lowest BCUT2D eigenvalue weighted by atomic mass is 9.96. The molecule has 0 unspecified atom stereocenters. The predicted molar refractivity (Wildman–Crippen MR) is 89.3 cm³/mol. The molecule has 3 aromatic rings. The maximum Gasteiger partial charge on any atom is 0.338 e. The highest BCUT2D eigenvalue weighted by molar-refractivity contribution is 6.05. The summed E-state index contributed by atoms with van der Waals surface area (Å²) >= 11 is 0. The van der Waals surface area contributed by atoms with Crippen molar-refractivity contribution in [2.24, 2.45) is 0 Å². The van der Waals surface area contributed by atoms with Gasteiger partial charge in [0, 0.05) is 0 Å². The normalized spacial score (nSPS) is 10.6. The van der Waals surface area contributed by atoms with Crippen LogP contribution in [-0.4, -0.2) is 13.1 Å². The summed E-state index contributed by atoms with van der Waals surface area (Å²) in [5.41, 5.74) is 4.15. The summed E-state index contributed by atoms with van der Waals surface area (Å²) in [6, 6.07) is 20.5. The van der Waals surface area contributed by atoms with Gasteiger partial charge in [0.15, 0.2) is 0 Å². The van der Waals surface area contributed by atoms with Crippen LogP contribution in [0, 0.1) is 6.92 Å². The lowest BCUT2D eigenvalue weighted by Gasteiger charge is -2.10. The average molecular weight is 290 g/mol. The molecular weight excluding hydrogens is 272 g/mol. The van der Waals surface area contributed by atoms with Crippen molar-refractivity contribution < 1.29 is 9.53 Å². The molecule has 3 aromatic carbocycles. The summed E-state index contributed by atoms with van der Waals surface area (Å²) in [7, 11) is 1.42. The highest BCUT2D eigenvalue weighted by Crippen LogP contribution is 2.24. The molecule has 0 bridgehead atoms. The third-order valence-corrected chi connectivity index (χ3v) is 3.82. The van der Waals surface area contributed by atoms with Gasteiger partial charge < -0.3 is 4.74 Å². The molecule has 0 heterocycles. The van der Waals surface area contributed by atoms with E-state index in [1.807, 2.05) is 36.4 Å². The summed E-state index contributed by atoms with van der Waals surface area (Å²) in [4.78, 5) is 12.1. The van der Waals surface area contributed by atoms with Crippen LogP contribution >= 0.6 is 0 Å². The van der Waals surface area contributed by atoms with Crippen LogP contribution in [0.4, 0.5) is 0 Å². The number of esters is 1. The number of benzene rings is 3. The zero-order valence-electron chi connectivity index (χ0n) is 12.8. The third kappa shape index (κ3) is 2.86. The lowest BCUT2D eigenvalue weighted by molar-refractivity contribution is 0.0603. The van der Waals surface area contributed by atoms with E-state index in [1.165, 1.54) is 18.2 Å². The molecule has 0 fully saturated rings. The van der Waals surface area contributed by atoms with E-state index < -0.39 is 0 Å². The van der Waals surface area contributed by atoms with Crippen LogP contribution in [0.15, 0.2) is 60.7 Å². The van der Waals surface area contributed by atoms with Gasteiger partial charge in [0.1, 0.15) is 0 Å². The monoisotopic (exact) mass is 290 g/mol. The predicted octanol–water partition coefficient (Wildman–Crippen LogP) is 4.53. The Kier molecular flexibility index (Phi) is 3.92. The Balaban J connectivity index is 2.13. The molecule has 0 N–H and O–H groups in total. The molecule has 110 valence electrons. The molecule has 0 aliphatic carbocycles. The molecule has 0 aromatic heterocycles. The van der Waals surface area contributed by atoms with Gasteiger partial charge in [-0.1, -0.05) is 60.2 Å². The summed E-state index contributed by atoms with van der Waals surface area (Å²) < 4.78 is 4.94. The van der Waals surface area contributed by atoms with Crippen LogP contribution in [0.5, 0.6) is 0 Å². The van der Waals surface area contributed by atoms with Crippen molar-refractivity contribution in [3.05, 3.63) is 82.9 Å². The van der Waals surface area contributed by atoms with E-state index in [-0.39, 0.29) is 5.97 Å². The van der Waals surface area contributed by atoms with Crippen LogP contribution < -0.4 is 0 Å². The molecular formula is C20H18O2. The quantitative estimate of drug-likeness (QED) is 0.663. The van der Waals surface area contributed by atoms with E-state index >= 15 is 0 Å². The summed E-state index contributed by atoms with van der Waals surface area (Å²) in [5.74, 6) is -0.288. The van der Waals surface area contributed by atoms with E-state index in [2.05, 4.69) is 31.2 Å². The Labute approximate surface area is 130 Å². The molecule has 0 aliphatic rings. The molecule has 2 nitrogen and oxygen atoms in total. The van der Waals surface area contributed by atoms with E-state index in [1.54, 1.807) is 0 Å². The van der Waals surface area contributed by atoms with Gasteiger partial charge in [0.25, 0.3) is 0 Å². The van der Waals surface area contributed by atoms with Crippen molar-refractivity contribution in [3.63, 3.8) is 0 Å². The Morgan fingerprint density at radius 3 is 2.45 bits per heavy atom. The standard InChI is InChI=1S/C20H18O2/c1-14-8-9-18-17(10-14)12-16(13-19(18)20(21)22-2)11-15-6-4-3-5-7-15/h3-10,12-13H,11H2,1-2H3. The van der Waals surface area contributed by atoms with Gasteiger partial charge in [-0.2, -0.15) is 0 Å². The zero-order chi connectivity index (χ0) is 15.5. The summed E-state index contributed by atoms with van der Waals surface area (Å²) in [6.45, 7) is 2.06. The Morgan fingerprint density at radius 2 is 1.73 bits per heavy atom. The van der Waals surface area contributed by atoms with E-state index in [9.17, 15) is 4.79 Å². The van der Waals surface area contributed by atoms with Crippen molar-refractivity contribution in [2.45, 2.75) is 13.3 Å². The van der Waals surface area contributed by atoms with Crippen LogP contribution in [0.1, 0.15) is 27.0 Å². The Hall–Kier alpha value is -2.61. The van der Waals surface area contributed by atoms with Gasteiger partial charge in [0.05, 0.1) is 12.7 Å². The molecule has 0 radical (unpaired) electrons. The topological polar surface area (TPSA) is 26.3 Å². The second-order valence-corrected chi connectivity index (χ2v) is 5.52. The first-order chi connectivity index (χ1) is 10.7. The number of rotatable bonds is 3. The number of carbonyl (C=O) groups excluding carboxylic acids is 1. The van der Waals surface area contributed by atoms with Crippen molar-refractivity contribution in [2.75, 3.05) is 7.11 Å². The zero-order valence-corrected chi connectivity index (χ0v) is 12.8. The van der Waals surface area contributed by atoms with E-state index in [0.29, 0.717) is 5.56 Å². The number of carbonyl (C=O) groups is 1. The Morgan fingerprint density at radius 1 is 0.955 bits per heavy atom. The van der Waals surface area contributed by atoms with Gasteiger partial charge in [-0.15, -0.1) is 0 Å². The first kappa shape index (κ1) is 14.3. The van der Waals surface area contributed by atoms with Crippen LogP contribution in [0.25, 0.3) is 10.8 Å². The average Bonchev–Trinajstić information content (AvgIpc) is 2.54. The minimum absolute atomic E-state index is 0.288. The van der Waals surface area contributed by atoms with E-state index in [0.717, 1.165) is 22.8 Å². The van der Waals surface area contributed by atoms with Crippen molar-refractivity contribution >= 4 is 16.7 Å². The summed E-state index contributed by atoms with van der Waals surface area (Å²) in [5, 5.41) is 2.02. The summed E-state index contributed by atoms with van der Waals surface area (Å²) in [6.07, 6.45) is 0.800. The van der Waals surface area contributed by atoms with Gasteiger partial charge in [0.2, 0.25) is 0 Å². The molecule has 22 heavy (non-hydrogen) atoms. The maximum absolute atomic E-state index is 12.1. The number of hydrogen-bond donors (Lipinski definition) is 0. The molecule has 2 heteroatoms. The smallest absolute Gasteiger partial charge is 0.338 e. The lowest BCUT2D eigenvalue weighted by Crippen LogP contribution is -2.04. The van der Waals surface area contributed by atoms with Crippen molar-refractivity contribution in [3.8, 4) is 0 Å². The second kappa shape index (κ2) is 6.02. The fraction of sp³-hybridized carbons (Fsp3) is 0.150. The molecule has 0 atom stereocenters. The number of fused-ring (bicyclic) bond motifs is 1. The van der Waals surface area contributed by atoms with Gasteiger partial charge >= 0.3 is 5.97 Å². The van der Waals surface area contributed by atoms with Gasteiger partial charge in [-0.25, -0.2) is 4.79 Å². The van der Waals surface area contributed by atoms with Crippen LogP contribution in [-0.2, 0) is 11.2 Å². The molecule has 0 saturated carbocycles. The van der Waals surface area contributed by atoms with Crippen LogP contribution in [0.3, 0.4) is 0 Å². The number of methoxy groups -OCH3 is 1. The van der Waals surface area contributed by atoms with Crippen molar-refractivity contribution in [1.29, 1.82) is 0 Å². The maximum atomic E-state index is 12.1. The number of aryl methyl sites for hydroxylation is 1. The molecule has 0 saturated heterocycles. The van der Waals surface area contributed by atoms with Gasteiger partial charge in [-0.3, -0.25) is 0 Å².